The molecule has 0 saturated heterocycles. The number of nitro benzene ring substituents is 2. The molecule has 3 rings (SSSR count). The van der Waals surface area contributed by atoms with Crippen LogP contribution in [0.2, 0.25) is 0 Å². The number of hydrogen-bond acceptors (Lipinski definition) is 6. The van der Waals surface area contributed by atoms with Crippen LogP contribution in [0.5, 0.6) is 0 Å². The largest absolute Gasteiger partial charge is 0.356 e. The van der Waals surface area contributed by atoms with Crippen LogP contribution in [-0.4, -0.2) is 15.8 Å². The zero-order valence-electron chi connectivity index (χ0n) is 14.4. The number of carbonyl (C=O) groups is 1. The van der Waals surface area contributed by atoms with Crippen molar-refractivity contribution in [3.63, 3.8) is 0 Å². The van der Waals surface area contributed by atoms with Gasteiger partial charge in [0.15, 0.2) is 0 Å². The number of rotatable bonds is 6. The van der Waals surface area contributed by atoms with Crippen molar-refractivity contribution in [1.82, 2.24) is 0 Å². The summed E-state index contributed by atoms with van der Waals surface area (Å²) in [6.07, 6.45) is 0. The quantitative estimate of drug-likeness (QED) is 0.480. The van der Waals surface area contributed by atoms with E-state index in [1.54, 1.807) is 36.4 Å². The van der Waals surface area contributed by atoms with Gasteiger partial charge in [-0.05, 0) is 48.5 Å². The molecule has 0 unspecified atom stereocenters. The van der Waals surface area contributed by atoms with Crippen LogP contribution in [0.4, 0.5) is 28.4 Å². The first kappa shape index (κ1) is 18.5. The summed E-state index contributed by atoms with van der Waals surface area (Å²) in [5, 5.41) is 27.1. The highest BCUT2D eigenvalue weighted by Gasteiger charge is 2.10. The molecule has 0 aromatic heterocycles. The Labute approximate surface area is 158 Å². The van der Waals surface area contributed by atoms with Crippen molar-refractivity contribution in [1.29, 1.82) is 0 Å². The Morgan fingerprint density at radius 3 is 1.50 bits per heavy atom. The number of nitrogens with one attached hydrogen (secondary N) is 2. The van der Waals surface area contributed by atoms with E-state index in [9.17, 15) is 25.0 Å². The highest BCUT2D eigenvalue weighted by atomic mass is 16.6. The first-order chi connectivity index (χ1) is 13.4. The molecule has 0 radical (unpaired) electrons. The van der Waals surface area contributed by atoms with Gasteiger partial charge in [-0.25, -0.2) is 0 Å². The fraction of sp³-hybridized carbons (Fsp3) is 0. The fourth-order valence-corrected chi connectivity index (χ4v) is 2.41. The molecule has 3 aromatic rings. The van der Waals surface area contributed by atoms with Crippen molar-refractivity contribution in [2.75, 3.05) is 10.6 Å². The Kier molecular flexibility index (Phi) is 5.26. The first-order valence-corrected chi connectivity index (χ1v) is 8.10. The van der Waals surface area contributed by atoms with E-state index in [2.05, 4.69) is 10.6 Å². The smallest absolute Gasteiger partial charge is 0.269 e. The standard InChI is InChI=1S/C19H14N4O5/c24-19(13-1-9-17(10-2-13)22(25)26)21-16-5-3-14(4-6-16)20-15-7-11-18(12-8-15)23(27)28/h1-12,20H,(H,21,24). The van der Waals surface area contributed by atoms with E-state index in [1.807, 2.05) is 0 Å². The van der Waals surface area contributed by atoms with Crippen LogP contribution in [0.15, 0.2) is 72.8 Å². The van der Waals surface area contributed by atoms with E-state index in [1.165, 1.54) is 36.4 Å². The number of nitro groups is 2. The summed E-state index contributed by atoms with van der Waals surface area (Å²) in [5.74, 6) is -0.383. The van der Waals surface area contributed by atoms with Crippen molar-refractivity contribution in [2.45, 2.75) is 0 Å². The maximum Gasteiger partial charge on any atom is 0.269 e. The van der Waals surface area contributed by atoms with Gasteiger partial charge in [0.25, 0.3) is 17.3 Å². The number of amides is 1. The van der Waals surface area contributed by atoms with Crippen molar-refractivity contribution in [2.24, 2.45) is 0 Å². The molecule has 0 spiro atoms. The van der Waals surface area contributed by atoms with E-state index in [0.29, 0.717) is 16.9 Å². The predicted molar refractivity (Wildman–Crippen MR) is 104 cm³/mol. The number of hydrogen-bond donors (Lipinski definition) is 2. The third-order valence-electron chi connectivity index (χ3n) is 3.85. The van der Waals surface area contributed by atoms with E-state index < -0.39 is 9.85 Å². The normalized spacial score (nSPS) is 10.1. The molecule has 9 heteroatoms. The summed E-state index contributed by atoms with van der Waals surface area (Å²) in [6, 6.07) is 18.2. The van der Waals surface area contributed by atoms with E-state index in [-0.39, 0.29) is 17.3 Å². The van der Waals surface area contributed by atoms with Crippen LogP contribution in [0, 0.1) is 20.2 Å². The Hall–Kier alpha value is -4.27. The average molecular weight is 378 g/mol. The zero-order chi connectivity index (χ0) is 20.1. The predicted octanol–water partition coefficient (Wildman–Crippen LogP) is 4.50. The first-order valence-electron chi connectivity index (χ1n) is 8.10. The van der Waals surface area contributed by atoms with Crippen LogP contribution in [0.3, 0.4) is 0 Å². The Balaban J connectivity index is 1.62. The highest BCUT2D eigenvalue weighted by Crippen LogP contribution is 2.22. The van der Waals surface area contributed by atoms with Crippen molar-refractivity contribution in [3.05, 3.63) is 98.6 Å². The van der Waals surface area contributed by atoms with Crippen molar-refractivity contribution in [3.8, 4) is 0 Å². The van der Waals surface area contributed by atoms with Gasteiger partial charge in [-0.3, -0.25) is 25.0 Å². The fourth-order valence-electron chi connectivity index (χ4n) is 2.41. The van der Waals surface area contributed by atoms with E-state index in [0.717, 1.165) is 5.69 Å². The van der Waals surface area contributed by atoms with Crippen LogP contribution in [0.25, 0.3) is 0 Å². The summed E-state index contributed by atoms with van der Waals surface area (Å²) in [7, 11) is 0. The van der Waals surface area contributed by atoms with E-state index in [4.69, 9.17) is 0 Å². The topological polar surface area (TPSA) is 127 Å². The van der Waals surface area contributed by atoms with Gasteiger partial charge in [-0.15, -0.1) is 0 Å². The number of nitrogens with zero attached hydrogens (tertiary/aromatic N) is 2. The minimum Gasteiger partial charge on any atom is -0.356 e. The van der Waals surface area contributed by atoms with Gasteiger partial charge in [-0.1, -0.05) is 0 Å². The lowest BCUT2D eigenvalue weighted by molar-refractivity contribution is -0.385. The van der Waals surface area contributed by atoms with Crippen LogP contribution in [-0.2, 0) is 0 Å². The second-order valence-electron chi connectivity index (χ2n) is 5.76. The molecule has 0 saturated carbocycles. The maximum absolute atomic E-state index is 12.2. The molecule has 0 fully saturated rings. The van der Waals surface area contributed by atoms with Crippen molar-refractivity contribution >= 4 is 34.3 Å². The molecular formula is C19H14N4O5. The molecule has 0 heterocycles. The van der Waals surface area contributed by atoms with E-state index >= 15 is 0 Å². The van der Waals surface area contributed by atoms with Gasteiger partial charge < -0.3 is 10.6 Å². The minimum absolute atomic E-state index is 0.00912. The second kappa shape index (κ2) is 7.96. The molecule has 0 aliphatic rings. The molecule has 0 aliphatic heterocycles. The molecule has 28 heavy (non-hydrogen) atoms. The number of anilines is 3. The van der Waals surface area contributed by atoms with Gasteiger partial charge in [0.05, 0.1) is 9.85 Å². The summed E-state index contributed by atoms with van der Waals surface area (Å²) >= 11 is 0. The summed E-state index contributed by atoms with van der Waals surface area (Å²) in [4.78, 5) is 32.5. The van der Waals surface area contributed by atoms with Gasteiger partial charge >= 0.3 is 0 Å². The summed E-state index contributed by atoms with van der Waals surface area (Å²) < 4.78 is 0. The monoisotopic (exact) mass is 378 g/mol. The highest BCUT2D eigenvalue weighted by molar-refractivity contribution is 6.04. The third-order valence-corrected chi connectivity index (χ3v) is 3.85. The van der Waals surface area contributed by atoms with Crippen molar-refractivity contribution < 1.29 is 14.6 Å². The lowest BCUT2D eigenvalue weighted by atomic mass is 10.2. The molecule has 9 nitrogen and oxygen atoms in total. The van der Waals surface area contributed by atoms with Gasteiger partial charge in [0.2, 0.25) is 0 Å². The molecule has 1 amide bonds. The van der Waals surface area contributed by atoms with Crippen LogP contribution in [0.1, 0.15) is 10.4 Å². The third kappa shape index (κ3) is 4.47. The maximum atomic E-state index is 12.2. The number of carbonyl (C=O) groups excluding carboxylic acids is 1. The number of benzene rings is 3. The Morgan fingerprint density at radius 1 is 0.643 bits per heavy atom. The second-order valence-corrected chi connectivity index (χ2v) is 5.76. The van der Waals surface area contributed by atoms with Gasteiger partial charge in [0, 0.05) is 46.9 Å². The molecular weight excluding hydrogens is 364 g/mol. The van der Waals surface area contributed by atoms with Gasteiger partial charge in [-0.2, -0.15) is 0 Å². The average Bonchev–Trinajstić information content (AvgIpc) is 2.70. The molecule has 3 aromatic carbocycles. The zero-order valence-corrected chi connectivity index (χ0v) is 14.4. The molecule has 0 aliphatic carbocycles. The minimum atomic E-state index is -0.529. The van der Waals surface area contributed by atoms with Crippen LogP contribution >= 0.6 is 0 Å². The lowest BCUT2D eigenvalue weighted by Gasteiger charge is -2.09. The number of non-ortho nitro benzene ring substituents is 2. The molecule has 140 valence electrons. The SMILES string of the molecule is O=C(Nc1ccc(Nc2ccc([N+](=O)[O-])cc2)cc1)c1ccc([N+](=O)[O-])cc1. The molecule has 2 N–H and O–H groups in total. The Bertz CT molecular complexity index is 1020. The van der Waals surface area contributed by atoms with Gasteiger partial charge in [0.1, 0.15) is 0 Å². The summed E-state index contributed by atoms with van der Waals surface area (Å²) in [6.45, 7) is 0. The molecule has 0 bridgehead atoms. The summed E-state index contributed by atoms with van der Waals surface area (Å²) in [5.41, 5.74) is 2.21. The Morgan fingerprint density at radius 2 is 1.04 bits per heavy atom. The lowest BCUT2D eigenvalue weighted by Crippen LogP contribution is -2.11. The molecule has 0 atom stereocenters. The van der Waals surface area contributed by atoms with Crippen LogP contribution < -0.4 is 10.6 Å².